The molecule has 4 rings (SSSR count). The summed E-state index contributed by atoms with van der Waals surface area (Å²) in [7, 11) is 0. The molecular formula is C22H15ClF2N2O3. The first-order chi connectivity index (χ1) is 14.3. The number of halogens is 3. The topological polar surface area (TPSA) is 69.6 Å². The van der Waals surface area contributed by atoms with Gasteiger partial charge in [-0.25, -0.2) is 8.78 Å². The zero-order valence-corrected chi connectivity index (χ0v) is 16.2. The highest BCUT2D eigenvalue weighted by atomic mass is 35.5. The summed E-state index contributed by atoms with van der Waals surface area (Å²) >= 11 is 5.72. The van der Waals surface area contributed by atoms with Crippen LogP contribution in [0, 0.1) is 11.6 Å². The molecule has 8 heteroatoms. The second-order valence-electron chi connectivity index (χ2n) is 6.81. The Morgan fingerprint density at radius 2 is 1.83 bits per heavy atom. The Balaban J connectivity index is 1.65. The Hall–Kier alpha value is -3.29. The van der Waals surface area contributed by atoms with E-state index < -0.39 is 35.6 Å². The summed E-state index contributed by atoms with van der Waals surface area (Å²) < 4.78 is 27.1. The lowest BCUT2D eigenvalue weighted by Gasteiger charge is -2.23. The van der Waals surface area contributed by atoms with Crippen LogP contribution in [0.2, 0.25) is 5.02 Å². The van der Waals surface area contributed by atoms with Crippen LogP contribution in [0.1, 0.15) is 11.1 Å². The number of carbonyl (C=O) groups is 2. The number of fused-ring (bicyclic) bond motifs is 1. The average molecular weight is 429 g/mol. The van der Waals surface area contributed by atoms with Gasteiger partial charge in [0.1, 0.15) is 18.2 Å². The number of hydrogen-bond acceptors (Lipinski definition) is 3. The molecule has 1 aliphatic heterocycles. The van der Waals surface area contributed by atoms with Gasteiger partial charge < -0.3 is 10.4 Å². The van der Waals surface area contributed by atoms with Gasteiger partial charge in [0.15, 0.2) is 5.60 Å². The molecule has 30 heavy (non-hydrogen) atoms. The fourth-order valence-electron chi connectivity index (χ4n) is 3.50. The molecule has 0 unspecified atom stereocenters. The van der Waals surface area contributed by atoms with Crippen LogP contribution in [0.15, 0.2) is 66.7 Å². The highest BCUT2D eigenvalue weighted by Gasteiger charge is 2.51. The summed E-state index contributed by atoms with van der Waals surface area (Å²) in [6.45, 7) is -0.414. The molecule has 3 aromatic carbocycles. The number of nitrogens with zero attached hydrogens (tertiary/aromatic N) is 1. The Labute approximate surface area is 175 Å². The zero-order chi connectivity index (χ0) is 21.5. The van der Waals surface area contributed by atoms with Crippen molar-refractivity contribution in [1.82, 2.24) is 0 Å². The standard InChI is InChI=1S/C22H15ClF2N2O3/c23-17-11-15(8-9-18(17)25)26-20(28)12-27-19-7-2-1-6-16(19)22(30,21(27)29)13-4-3-5-14(24)10-13/h1-11,30H,12H2,(H,26,28)/t22-/m1/s1. The summed E-state index contributed by atoms with van der Waals surface area (Å²) in [4.78, 5) is 26.8. The molecule has 0 radical (unpaired) electrons. The smallest absolute Gasteiger partial charge is 0.268 e. The van der Waals surface area contributed by atoms with E-state index in [-0.39, 0.29) is 21.8 Å². The molecule has 1 heterocycles. The number of para-hydroxylation sites is 1. The number of hydrogen-bond donors (Lipinski definition) is 2. The summed E-state index contributed by atoms with van der Waals surface area (Å²) in [5.41, 5.74) is -1.22. The number of rotatable bonds is 4. The van der Waals surface area contributed by atoms with Crippen LogP contribution < -0.4 is 10.2 Å². The van der Waals surface area contributed by atoms with E-state index >= 15 is 0 Å². The first kappa shape index (κ1) is 20.0. The van der Waals surface area contributed by atoms with E-state index in [1.54, 1.807) is 24.3 Å². The van der Waals surface area contributed by atoms with E-state index in [1.807, 2.05) is 0 Å². The minimum Gasteiger partial charge on any atom is -0.372 e. The Kier molecular flexibility index (Phi) is 5.01. The number of benzene rings is 3. The number of anilines is 2. The van der Waals surface area contributed by atoms with Crippen LogP contribution >= 0.6 is 11.6 Å². The van der Waals surface area contributed by atoms with Gasteiger partial charge in [-0.3, -0.25) is 14.5 Å². The van der Waals surface area contributed by atoms with E-state index in [4.69, 9.17) is 11.6 Å². The molecule has 1 atom stereocenters. The van der Waals surface area contributed by atoms with Crippen LogP contribution in [0.3, 0.4) is 0 Å². The molecule has 5 nitrogen and oxygen atoms in total. The van der Waals surface area contributed by atoms with Gasteiger partial charge in [0.05, 0.1) is 10.7 Å². The second kappa shape index (κ2) is 7.51. The zero-order valence-electron chi connectivity index (χ0n) is 15.4. The van der Waals surface area contributed by atoms with Gasteiger partial charge in [0.2, 0.25) is 5.91 Å². The number of nitrogens with one attached hydrogen (secondary N) is 1. The molecular weight excluding hydrogens is 414 g/mol. The van der Waals surface area contributed by atoms with E-state index in [1.165, 1.54) is 30.3 Å². The minimum atomic E-state index is -2.13. The van der Waals surface area contributed by atoms with E-state index in [9.17, 15) is 23.5 Å². The Bertz CT molecular complexity index is 1170. The summed E-state index contributed by atoms with van der Waals surface area (Å²) in [5.74, 6) is -2.58. The second-order valence-corrected chi connectivity index (χ2v) is 7.21. The quantitative estimate of drug-likeness (QED) is 0.663. The molecule has 0 bridgehead atoms. The lowest BCUT2D eigenvalue weighted by atomic mass is 9.87. The van der Waals surface area contributed by atoms with Crippen molar-refractivity contribution in [3.8, 4) is 0 Å². The van der Waals surface area contributed by atoms with Crippen LogP contribution in [0.25, 0.3) is 0 Å². The lowest BCUT2D eigenvalue weighted by molar-refractivity contribution is -0.133. The summed E-state index contributed by atoms with van der Waals surface area (Å²) in [6, 6.07) is 15.3. The van der Waals surface area contributed by atoms with Crippen molar-refractivity contribution in [2.75, 3.05) is 16.8 Å². The maximum Gasteiger partial charge on any atom is 0.268 e. The largest absolute Gasteiger partial charge is 0.372 e. The van der Waals surface area contributed by atoms with Crippen LogP contribution in [-0.2, 0) is 15.2 Å². The van der Waals surface area contributed by atoms with Crippen molar-refractivity contribution in [2.45, 2.75) is 5.60 Å². The Morgan fingerprint density at radius 3 is 2.57 bits per heavy atom. The molecule has 2 N–H and O–H groups in total. The lowest BCUT2D eigenvalue weighted by Crippen LogP contribution is -2.44. The molecule has 1 aliphatic rings. The van der Waals surface area contributed by atoms with Crippen LogP contribution in [0.5, 0.6) is 0 Å². The third-order valence-electron chi connectivity index (χ3n) is 4.89. The van der Waals surface area contributed by atoms with Gasteiger partial charge in [0.25, 0.3) is 5.91 Å². The van der Waals surface area contributed by atoms with Gasteiger partial charge in [-0.2, -0.15) is 0 Å². The maximum absolute atomic E-state index is 13.8. The fourth-order valence-corrected chi connectivity index (χ4v) is 3.68. The van der Waals surface area contributed by atoms with E-state index in [2.05, 4.69) is 5.32 Å². The van der Waals surface area contributed by atoms with Crippen LogP contribution in [0.4, 0.5) is 20.2 Å². The first-order valence-corrected chi connectivity index (χ1v) is 9.33. The van der Waals surface area contributed by atoms with Gasteiger partial charge in [0, 0.05) is 16.8 Å². The van der Waals surface area contributed by atoms with E-state index in [0.717, 1.165) is 17.0 Å². The molecule has 0 aliphatic carbocycles. The predicted molar refractivity (Wildman–Crippen MR) is 108 cm³/mol. The minimum absolute atomic E-state index is 0.0631. The number of amides is 2. The normalized spacial score (nSPS) is 17.7. The monoisotopic (exact) mass is 428 g/mol. The summed E-state index contributed by atoms with van der Waals surface area (Å²) in [5, 5.41) is 13.7. The summed E-state index contributed by atoms with van der Waals surface area (Å²) in [6.07, 6.45) is 0. The van der Waals surface area contributed by atoms with E-state index in [0.29, 0.717) is 5.69 Å². The van der Waals surface area contributed by atoms with Gasteiger partial charge in [-0.1, -0.05) is 41.9 Å². The molecule has 0 spiro atoms. The highest BCUT2D eigenvalue weighted by Crippen LogP contribution is 2.44. The molecule has 2 amide bonds. The first-order valence-electron chi connectivity index (χ1n) is 8.95. The number of aliphatic hydroxyl groups is 1. The predicted octanol–water partition coefficient (Wildman–Crippen LogP) is 3.84. The van der Waals surface area contributed by atoms with Gasteiger partial charge in [-0.05, 0) is 36.4 Å². The molecule has 0 fully saturated rings. The third-order valence-corrected chi connectivity index (χ3v) is 5.18. The van der Waals surface area contributed by atoms with Gasteiger partial charge in [-0.15, -0.1) is 0 Å². The van der Waals surface area contributed by atoms with Crippen LogP contribution in [-0.4, -0.2) is 23.5 Å². The number of carbonyl (C=O) groups excluding carboxylic acids is 2. The molecule has 3 aromatic rings. The Morgan fingerprint density at radius 1 is 1.07 bits per heavy atom. The molecule has 0 saturated heterocycles. The molecule has 0 aromatic heterocycles. The van der Waals surface area contributed by atoms with Crippen molar-refractivity contribution >= 4 is 34.8 Å². The van der Waals surface area contributed by atoms with Crippen molar-refractivity contribution < 1.29 is 23.5 Å². The highest BCUT2D eigenvalue weighted by molar-refractivity contribution is 6.31. The third kappa shape index (κ3) is 3.32. The molecule has 0 saturated carbocycles. The molecule has 152 valence electrons. The average Bonchev–Trinajstić information content (AvgIpc) is 2.94. The maximum atomic E-state index is 13.8. The van der Waals surface area contributed by atoms with Crippen molar-refractivity contribution in [3.05, 3.63) is 94.5 Å². The van der Waals surface area contributed by atoms with Crippen molar-refractivity contribution in [2.24, 2.45) is 0 Å². The van der Waals surface area contributed by atoms with Crippen molar-refractivity contribution in [1.29, 1.82) is 0 Å². The van der Waals surface area contributed by atoms with Gasteiger partial charge >= 0.3 is 0 Å². The fraction of sp³-hybridized carbons (Fsp3) is 0.0909. The van der Waals surface area contributed by atoms with Crippen molar-refractivity contribution in [3.63, 3.8) is 0 Å². The SMILES string of the molecule is O=C(CN1C(=O)[C@@](O)(c2cccc(F)c2)c2ccccc21)Nc1ccc(F)c(Cl)c1.